The highest BCUT2D eigenvalue weighted by Crippen LogP contribution is 2.32. The molecule has 28 heavy (non-hydrogen) atoms. The SMILES string of the molecule is CCOC(=O)c1nn(C)cc1C(F)(F)F.Cn1cc(C(F)(F)F)c(C(=O)O)n1. The van der Waals surface area contributed by atoms with E-state index in [0.29, 0.717) is 6.20 Å². The predicted octanol–water partition coefficient (Wildman–Crippen LogP) is 2.75. The Morgan fingerprint density at radius 2 is 1.36 bits per heavy atom. The molecule has 0 unspecified atom stereocenters. The van der Waals surface area contributed by atoms with Gasteiger partial charge in [0.05, 0.1) is 6.61 Å². The first-order valence-corrected chi connectivity index (χ1v) is 7.30. The Morgan fingerprint density at radius 1 is 0.964 bits per heavy atom. The Kier molecular flexibility index (Phi) is 6.82. The molecule has 0 aromatic carbocycles. The number of alkyl halides is 6. The van der Waals surface area contributed by atoms with E-state index in [9.17, 15) is 35.9 Å². The van der Waals surface area contributed by atoms with Crippen molar-refractivity contribution in [3.05, 3.63) is 34.9 Å². The maximum absolute atomic E-state index is 12.4. The van der Waals surface area contributed by atoms with E-state index in [-0.39, 0.29) is 6.61 Å². The molecule has 1 N–H and O–H groups in total. The third-order valence-electron chi connectivity index (χ3n) is 2.94. The molecular weight excluding hydrogens is 402 g/mol. The molecular formula is C14H14F6N4O4. The lowest BCUT2D eigenvalue weighted by Crippen LogP contribution is -2.13. The van der Waals surface area contributed by atoms with Gasteiger partial charge in [-0.3, -0.25) is 9.36 Å². The minimum absolute atomic E-state index is 0.00665. The van der Waals surface area contributed by atoms with Crippen molar-refractivity contribution < 1.29 is 45.8 Å². The summed E-state index contributed by atoms with van der Waals surface area (Å²) in [6.07, 6.45) is -7.91. The summed E-state index contributed by atoms with van der Waals surface area (Å²) in [5.74, 6) is -2.75. The van der Waals surface area contributed by atoms with E-state index < -0.39 is 46.8 Å². The highest BCUT2D eigenvalue weighted by atomic mass is 19.4. The van der Waals surface area contributed by atoms with Crippen LogP contribution in [0.15, 0.2) is 12.4 Å². The number of aryl methyl sites for hydroxylation is 2. The summed E-state index contributed by atoms with van der Waals surface area (Å²) < 4.78 is 79.7. The molecule has 0 aliphatic rings. The molecule has 2 rings (SSSR count). The van der Waals surface area contributed by atoms with Crippen molar-refractivity contribution in [1.29, 1.82) is 0 Å². The van der Waals surface area contributed by atoms with E-state index in [4.69, 9.17) is 5.11 Å². The van der Waals surface area contributed by atoms with Crippen LogP contribution in [0.2, 0.25) is 0 Å². The van der Waals surface area contributed by atoms with Gasteiger partial charge in [-0.25, -0.2) is 9.59 Å². The Labute approximate surface area is 153 Å². The standard InChI is InChI=1S/C8H9F3N2O2.C6H5F3N2O2/c1-3-15-7(14)6-5(8(9,10)11)4-13(2)12-6;1-11-2-3(6(7,8)9)4(10-11)5(12)13/h4H,3H2,1-2H3;2H,1H3,(H,12,13). The van der Waals surface area contributed by atoms with Crippen LogP contribution in [0.1, 0.15) is 39.0 Å². The van der Waals surface area contributed by atoms with Gasteiger partial charge in [0.2, 0.25) is 0 Å². The summed E-state index contributed by atoms with van der Waals surface area (Å²) >= 11 is 0. The number of hydrogen-bond acceptors (Lipinski definition) is 5. The summed E-state index contributed by atoms with van der Waals surface area (Å²) in [6, 6.07) is 0. The van der Waals surface area contributed by atoms with E-state index in [0.717, 1.165) is 15.6 Å². The topological polar surface area (TPSA) is 99.2 Å². The molecule has 0 fully saturated rings. The largest absolute Gasteiger partial charge is 0.476 e. The number of esters is 1. The second-order valence-corrected chi connectivity index (χ2v) is 5.15. The van der Waals surface area contributed by atoms with Crippen LogP contribution >= 0.6 is 0 Å². The second kappa shape index (κ2) is 8.31. The minimum atomic E-state index is -4.68. The highest BCUT2D eigenvalue weighted by molar-refractivity contribution is 5.89. The molecule has 2 heterocycles. The number of carbonyl (C=O) groups is 2. The Balaban J connectivity index is 0.000000283. The lowest BCUT2D eigenvalue weighted by molar-refractivity contribution is -0.138. The number of hydrogen-bond donors (Lipinski definition) is 1. The van der Waals surface area contributed by atoms with Gasteiger partial charge in [-0.1, -0.05) is 0 Å². The Hall–Kier alpha value is -3.06. The van der Waals surface area contributed by atoms with Gasteiger partial charge in [0.1, 0.15) is 11.1 Å². The monoisotopic (exact) mass is 416 g/mol. The molecule has 8 nitrogen and oxygen atoms in total. The zero-order valence-electron chi connectivity index (χ0n) is 14.6. The van der Waals surface area contributed by atoms with Gasteiger partial charge >= 0.3 is 24.3 Å². The van der Waals surface area contributed by atoms with E-state index in [2.05, 4.69) is 14.9 Å². The quantitative estimate of drug-likeness (QED) is 0.610. The number of halogens is 6. The molecule has 2 aromatic heterocycles. The van der Waals surface area contributed by atoms with Crippen LogP contribution in [-0.2, 0) is 31.2 Å². The first-order chi connectivity index (χ1) is 12.7. The van der Waals surface area contributed by atoms with Gasteiger partial charge in [0.15, 0.2) is 11.4 Å². The lowest BCUT2D eigenvalue weighted by Gasteiger charge is -2.05. The smallest absolute Gasteiger partial charge is 0.420 e. The van der Waals surface area contributed by atoms with Gasteiger partial charge in [0.25, 0.3) is 0 Å². The molecule has 2 aromatic rings. The van der Waals surface area contributed by atoms with Crippen LogP contribution in [0.25, 0.3) is 0 Å². The average Bonchev–Trinajstić information content (AvgIpc) is 3.10. The van der Waals surface area contributed by atoms with Crippen molar-refractivity contribution in [2.24, 2.45) is 14.1 Å². The van der Waals surface area contributed by atoms with E-state index >= 15 is 0 Å². The maximum Gasteiger partial charge on any atom is 0.420 e. The summed E-state index contributed by atoms with van der Waals surface area (Å²) in [4.78, 5) is 21.4. The zero-order chi connectivity index (χ0) is 21.9. The van der Waals surface area contributed by atoms with Crippen molar-refractivity contribution in [2.75, 3.05) is 6.61 Å². The Morgan fingerprint density at radius 3 is 1.68 bits per heavy atom. The lowest BCUT2D eigenvalue weighted by atomic mass is 10.2. The predicted molar refractivity (Wildman–Crippen MR) is 79.3 cm³/mol. The third kappa shape index (κ3) is 5.72. The second-order valence-electron chi connectivity index (χ2n) is 5.15. The van der Waals surface area contributed by atoms with Crippen molar-refractivity contribution in [1.82, 2.24) is 19.6 Å². The van der Waals surface area contributed by atoms with Gasteiger partial charge in [-0.05, 0) is 6.92 Å². The molecule has 14 heteroatoms. The fourth-order valence-electron chi connectivity index (χ4n) is 1.90. The maximum atomic E-state index is 12.4. The van der Waals surface area contributed by atoms with Crippen LogP contribution in [-0.4, -0.2) is 43.2 Å². The summed E-state index contributed by atoms with van der Waals surface area (Å²) in [5, 5.41) is 15.0. The van der Waals surface area contributed by atoms with Crippen LogP contribution in [0.4, 0.5) is 26.3 Å². The molecule has 0 aliphatic heterocycles. The molecule has 0 amide bonds. The number of carboxylic acid groups (broad SMARTS) is 1. The van der Waals surface area contributed by atoms with Crippen LogP contribution in [0.5, 0.6) is 0 Å². The average molecular weight is 416 g/mol. The van der Waals surface area contributed by atoms with Crippen molar-refractivity contribution in [2.45, 2.75) is 19.3 Å². The third-order valence-corrected chi connectivity index (χ3v) is 2.94. The van der Waals surface area contributed by atoms with Gasteiger partial charge in [-0.15, -0.1) is 0 Å². The van der Waals surface area contributed by atoms with Crippen LogP contribution < -0.4 is 0 Å². The minimum Gasteiger partial charge on any atom is -0.476 e. The molecule has 0 radical (unpaired) electrons. The first-order valence-electron chi connectivity index (χ1n) is 7.30. The van der Waals surface area contributed by atoms with Gasteiger partial charge in [0, 0.05) is 26.5 Å². The Bertz CT molecular complexity index is 853. The summed E-state index contributed by atoms with van der Waals surface area (Å²) in [6.45, 7) is 1.51. The summed E-state index contributed by atoms with van der Waals surface area (Å²) in [7, 11) is 2.53. The van der Waals surface area contributed by atoms with Gasteiger partial charge in [-0.2, -0.15) is 36.5 Å². The number of rotatable bonds is 3. The molecule has 0 atom stereocenters. The molecule has 156 valence electrons. The van der Waals surface area contributed by atoms with E-state index in [1.807, 2.05) is 0 Å². The number of aromatic carboxylic acids is 1. The van der Waals surface area contributed by atoms with Crippen LogP contribution in [0, 0.1) is 0 Å². The molecule has 0 saturated carbocycles. The van der Waals surface area contributed by atoms with E-state index in [1.54, 1.807) is 0 Å². The van der Waals surface area contributed by atoms with Crippen molar-refractivity contribution in [3.8, 4) is 0 Å². The molecule has 0 saturated heterocycles. The number of ether oxygens (including phenoxy) is 1. The number of aromatic nitrogens is 4. The van der Waals surface area contributed by atoms with Crippen molar-refractivity contribution >= 4 is 11.9 Å². The molecule has 0 aliphatic carbocycles. The number of carbonyl (C=O) groups excluding carboxylic acids is 1. The normalized spacial score (nSPS) is 11.6. The molecule has 0 bridgehead atoms. The summed E-state index contributed by atoms with van der Waals surface area (Å²) in [5.41, 5.74) is -3.99. The van der Waals surface area contributed by atoms with E-state index in [1.165, 1.54) is 21.0 Å². The zero-order valence-corrected chi connectivity index (χ0v) is 14.6. The fraction of sp³-hybridized carbons (Fsp3) is 0.429. The number of nitrogens with zero attached hydrogens (tertiary/aromatic N) is 4. The van der Waals surface area contributed by atoms with Crippen molar-refractivity contribution in [3.63, 3.8) is 0 Å². The molecule has 0 spiro atoms. The highest BCUT2D eigenvalue weighted by Gasteiger charge is 2.39. The first kappa shape index (κ1) is 23.0. The van der Waals surface area contributed by atoms with Crippen LogP contribution in [0.3, 0.4) is 0 Å². The number of carboxylic acids is 1. The fourth-order valence-corrected chi connectivity index (χ4v) is 1.90. The van der Waals surface area contributed by atoms with Gasteiger partial charge < -0.3 is 9.84 Å².